The van der Waals surface area contributed by atoms with E-state index in [1.54, 1.807) is 0 Å². The van der Waals surface area contributed by atoms with E-state index in [4.69, 9.17) is 0 Å². The van der Waals surface area contributed by atoms with Crippen molar-refractivity contribution in [3.05, 3.63) is 29.8 Å². The van der Waals surface area contributed by atoms with Gasteiger partial charge in [-0.3, -0.25) is 4.98 Å². The van der Waals surface area contributed by atoms with E-state index in [0.717, 1.165) is 6.20 Å². The molecule has 0 fully saturated rings. The molecule has 3 nitrogen and oxygen atoms in total. The summed E-state index contributed by atoms with van der Waals surface area (Å²) in [5.41, 5.74) is 0.215. The van der Waals surface area contributed by atoms with Crippen LogP contribution in [0.15, 0.2) is 18.5 Å². The molecular formula is C8H10FNO2. The van der Waals surface area contributed by atoms with Gasteiger partial charge in [0, 0.05) is 18.9 Å². The molecule has 1 aromatic heterocycles. The van der Waals surface area contributed by atoms with E-state index < -0.39 is 11.9 Å². The van der Waals surface area contributed by atoms with Crippen LogP contribution in [0.1, 0.15) is 11.7 Å². The molecule has 0 saturated heterocycles. The zero-order valence-electron chi connectivity index (χ0n) is 6.70. The van der Waals surface area contributed by atoms with Crippen LogP contribution >= 0.6 is 0 Å². The molecule has 4 heteroatoms. The van der Waals surface area contributed by atoms with Crippen LogP contribution in [0.3, 0.4) is 0 Å². The lowest BCUT2D eigenvalue weighted by atomic mass is 10.1. The number of methoxy groups -OCH3 is 1. The van der Waals surface area contributed by atoms with E-state index in [1.165, 1.54) is 19.4 Å². The number of halogens is 1. The number of ether oxygens (including phenoxy) is 1. The summed E-state index contributed by atoms with van der Waals surface area (Å²) >= 11 is 0. The molecule has 1 atom stereocenters. The summed E-state index contributed by atoms with van der Waals surface area (Å²) < 4.78 is 17.6. The Morgan fingerprint density at radius 1 is 1.75 bits per heavy atom. The summed E-state index contributed by atoms with van der Waals surface area (Å²) in [6.45, 7) is 0.0843. The molecule has 0 aliphatic heterocycles. The fraction of sp³-hybridized carbons (Fsp3) is 0.375. The summed E-state index contributed by atoms with van der Waals surface area (Å²) in [6, 6.07) is 1.43. The maximum atomic E-state index is 12.9. The van der Waals surface area contributed by atoms with Crippen LogP contribution in [-0.2, 0) is 4.74 Å². The second-order valence-corrected chi connectivity index (χ2v) is 2.37. The maximum absolute atomic E-state index is 12.9. The van der Waals surface area contributed by atoms with Gasteiger partial charge in [0.05, 0.1) is 12.8 Å². The van der Waals surface area contributed by atoms with Gasteiger partial charge in [-0.05, 0) is 6.07 Å². The van der Waals surface area contributed by atoms with Crippen LogP contribution in [0, 0.1) is 5.82 Å². The summed E-state index contributed by atoms with van der Waals surface area (Å²) in [5.74, 6) is -0.512. The minimum Gasteiger partial charge on any atom is -0.386 e. The van der Waals surface area contributed by atoms with Crippen molar-refractivity contribution < 1.29 is 14.2 Å². The first-order chi connectivity index (χ1) is 5.75. The van der Waals surface area contributed by atoms with Crippen molar-refractivity contribution in [2.24, 2.45) is 0 Å². The molecule has 1 rings (SSSR count). The molecule has 0 aromatic carbocycles. The summed E-state index contributed by atoms with van der Waals surface area (Å²) in [6.07, 6.45) is 1.57. The number of aliphatic hydroxyl groups excluding tert-OH is 1. The smallest absolute Gasteiger partial charge is 0.147 e. The SMILES string of the molecule is COCC(O)c1ccncc1F. The largest absolute Gasteiger partial charge is 0.386 e. The van der Waals surface area contributed by atoms with E-state index in [-0.39, 0.29) is 12.2 Å². The predicted octanol–water partition coefficient (Wildman–Crippen LogP) is 0.901. The van der Waals surface area contributed by atoms with Gasteiger partial charge < -0.3 is 9.84 Å². The average molecular weight is 171 g/mol. The van der Waals surface area contributed by atoms with Gasteiger partial charge in [0.2, 0.25) is 0 Å². The molecular weight excluding hydrogens is 161 g/mol. The van der Waals surface area contributed by atoms with Crippen LogP contribution in [0.2, 0.25) is 0 Å². The Morgan fingerprint density at radius 2 is 2.50 bits per heavy atom. The number of hydrogen-bond acceptors (Lipinski definition) is 3. The standard InChI is InChI=1S/C8H10FNO2/c1-12-5-8(11)6-2-3-10-4-7(6)9/h2-4,8,11H,5H2,1H3. The Bertz CT molecular complexity index is 255. The Kier molecular flexibility index (Phi) is 3.13. The third-order valence-electron chi connectivity index (χ3n) is 1.49. The van der Waals surface area contributed by atoms with Gasteiger partial charge in [0.1, 0.15) is 11.9 Å². The van der Waals surface area contributed by atoms with Crippen molar-refractivity contribution in [2.75, 3.05) is 13.7 Å². The van der Waals surface area contributed by atoms with Gasteiger partial charge in [-0.25, -0.2) is 4.39 Å². The summed E-state index contributed by atoms with van der Waals surface area (Å²) in [7, 11) is 1.45. The minimum absolute atomic E-state index is 0.0843. The van der Waals surface area contributed by atoms with E-state index in [0.29, 0.717) is 0 Å². The zero-order chi connectivity index (χ0) is 8.97. The van der Waals surface area contributed by atoms with Crippen LogP contribution in [0.25, 0.3) is 0 Å². The Labute approximate surface area is 69.8 Å². The molecule has 1 N–H and O–H groups in total. The summed E-state index contributed by atoms with van der Waals surface area (Å²) in [5, 5.41) is 9.31. The first-order valence-electron chi connectivity index (χ1n) is 3.52. The molecule has 0 aliphatic carbocycles. The quantitative estimate of drug-likeness (QED) is 0.734. The van der Waals surface area contributed by atoms with Crippen LogP contribution in [-0.4, -0.2) is 23.8 Å². The third kappa shape index (κ3) is 1.99. The highest BCUT2D eigenvalue weighted by Gasteiger charge is 2.11. The van der Waals surface area contributed by atoms with Gasteiger partial charge in [-0.15, -0.1) is 0 Å². The van der Waals surface area contributed by atoms with E-state index >= 15 is 0 Å². The number of rotatable bonds is 3. The molecule has 1 heterocycles. The molecule has 66 valence electrons. The van der Waals surface area contributed by atoms with Crippen molar-refractivity contribution >= 4 is 0 Å². The Balaban J connectivity index is 2.79. The number of aliphatic hydroxyl groups is 1. The number of nitrogens with zero attached hydrogens (tertiary/aromatic N) is 1. The molecule has 0 radical (unpaired) electrons. The monoisotopic (exact) mass is 171 g/mol. The second kappa shape index (κ2) is 4.13. The summed E-state index contributed by atoms with van der Waals surface area (Å²) in [4.78, 5) is 3.56. The molecule has 12 heavy (non-hydrogen) atoms. The maximum Gasteiger partial charge on any atom is 0.147 e. The molecule has 1 unspecified atom stereocenters. The first-order valence-corrected chi connectivity index (χ1v) is 3.52. The molecule has 0 saturated carbocycles. The first kappa shape index (κ1) is 9.09. The van der Waals surface area contributed by atoms with Gasteiger partial charge in [0.15, 0.2) is 0 Å². The number of hydrogen-bond donors (Lipinski definition) is 1. The van der Waals surface area contributed by atoms with Gasteiger partial charge in [-0.1, -0.05) is 0 Å². The van der Waals surface area contributed by atoms with E-state index in [1.807, 2.05) is 0 Å². The van der Waals surface area contributed by atoms with Crippen LogP contribution < -0.4 is 0 Å². The molecule has 1 aromatic rings. The second-order valence-electron chi connectivity index (χ2n) is 2.37. The molecule has 0 amide bonds. The lowest BCUT2D eigenvalue weighted by Crippen LogP contribution is -2.07. The molecule has 0 aliphatic rings. The number of aromatic nitrogens is 1. The van der Waals surface area contributed by atoms with Crippen molar-refractivity contribution in [1.82, 2.24) is 4.98 Å². The van der Waals surface area contributed by atoms with Crippen molar-refractivity contribution in [3.63, 3.8) is 0 Å². The lowest BCUT2D eigenvalue weighted by Gasteiger charge is -2.09. The Hall–Kier alpha value is -1.00. The van der Waals surface area contributed by atoms with E-state index in [2.05, 4.69) is 9.72 Å². The highest BCUT2D eigenvalue weighted by molar-refractivity contribution is 5.15. The normalized spacial score (nSPS) is 12.9. The number of pyridine rings is 1. The van der Waals surface area contributed by atoms with Crippen molar-refractivity contribution in [2.45, 2.75) is 6.10 Å². The fourth-order valence-electron chi connectivity index (χ4n) is 0.904. The zero-order valence-corrected chi connectivity index (χ0v) is 6.70. The van der Waals surface area contributed by atoms with Gasteiger partial charge >= 0.3 is 0 Å². The minimum atomic E-state index is -0.919. The molecule has 0 bridgehead atoms. The fourth-order valence-corrected chi connectivity index (χ4v) is 0.904. The van der Waals surface area contributed by atoms with Crippen molar-refractivity contribution in [1.29, 1.82) is 0 Å². The van der Waals surface area contributed by atoms with Crippen molar-refractivity contribution in [3.8, 4) is 0 Å². The van der Waals surface area contributed by atoms with Crippen LogP contribution in [0.4, 0.5) is 4.39 Å². The predicted molar refractivity (Wildman–Crippen MR) is 41.0 cm³/mol. The highest BCUT2D eigenvalue weighted by Crippen LogP contribution is 2.14. The molecule has 0 spiro atoms. The Morgan fingerprint density at radius 3 is 3.08 bits per heavy atom. The van der Waals surface area contributed by atoms with Crippen LogP contribution in [0.5, 0.6) is 0 Å². The lowest BCUT2D eigenvalue weighted by molar-refractivity contribution is 0.0620. The topological polar surface area (TPSA) is 42.4 Å². The average Bonchev–Trinajstić information content (AvgIpc) is 2.05. The van der Waals surface area contributed by atoms with Gasteiger partial charge in [-0.2, -0.15) is 0 Å². The third-order valence-corrected chi connectivity index (χ3v) is 1.49. The van der Waals surface area contributed by atoms with E-state index in [9.17, 15) is 9.50 Å². The van der Waals surface area contributed by atoms with Gasteiger partial charge in [0.25, 0.3) is 0 Å². The highest BCUT2D eigenvalue weighted by atomic mass is 19.1.